The monoisotopic (exact) mass is 347 g/mol. The molecule has 24 heavy (non-hydrogen) atoms. The number of carbonyl (C=O) groups is 1. The number of hydrogen-bond acceptors (Lipinski definition) is 5. The normalized spacial score (nSPS) is 10.5. The van der Waals surface area contributed by atoms with Crippen LogP contribution in [0.3, 0.4) is 0 Å². The summed E-state index contributed by atoms with van der Waals surface area (Å²) in [6.07, 6.45) is 0.633. The third-order valence-electron chi connectivity index (χ3n) is 3.36. The van der Waals surface area contributed by atoms with E-state index in [1.54, 1.807) is 19.1 Å². The molecule has 0 aliphatic rings. The van der Waals surface area contributed by atoms with Crippen molar-refractivity contribution < 1.29 is 9.53 Å². The highest BCUT2D eigenvalue weighted by molar-refractivity contribution is 7.99. The molecule has 1 aromatic carbocycles. The number of nitrogens with one attached hydrogen (secondary N) is 2. The Bertz CT molecular complexity index is 774. The van der Waals surface area contributed by atoms with E-state index in [-0.39, 0.29) is 17.2 Å². The van der Waals surface area contributed by atoms with Crippen LogP contribution in [0.25, 0.3) is 0 Å². The summed E-state index contributed by atoms with van der Waals surface area (Å²) in [7, 11) is 0. The summed E-state index contributed by atoms with van der Waals surface area (Å²) in [6, 6.07) is 7.27. The van der Waals surface area contributed by atoms with Crippen LogP contribution in [-0.4, -0.2) is 28.2 Å². The van der Waals surface area contributed by atoms with E-state index in [1.807, 2.05) is 26.0 Å². The number of hydrogen-bond donors (Lipinski definition) is 2. The Morgan fingerprint density at radius 3 is 2.75 bits per heavy atom. The van der Waals surface area contributed by atoms with Gasteiger partial charge in [0.1, 0.15) is 5.75 Å². The van der Waals surface area contributed by atoms with Crippen LogP contribution in [0.4, 0.5) is 5.69 Å². The number of aryl methyl sites for hydroxylation is 1. The van der Waals surface area contributed by atoms with Crippen molar-refractivity contribution >= 4 is 23.4 Å². The zero-order valence-electron chi connectivity index (χ0n) is 14.0. The van der Waals surface area contributed by atoms with Crippen molar-refractivity contribution in [1.82, 2.24) is 9.97 Å². The van der Waals surface area contributed by atoms with Crippen LogP contribution in [0.15, 0.2) is 34.2 Å². The average molecular weight is 347 g/mol. The van der Waals surface area contributed by atoms with Gasteiger partial charge in [0.25, 0.3) is 5.56 Å². The molecular formula is C17H21N3O3S. The predicted octanol–water partition coefficient (Wildman–Crippen LogP) is 2.77. The number of aromatic amines is 1. The molecule has 0 saturated heterocycles. The summed E-state index contributed by atoms with van der Waals surface area (Å²) in [5.74, 6) is 0.592. The van der Waals surface area contributed by atoms with Crippen LogP contribution in [0, 0.1) is 6.92 Å². The summed E-state index contributed by atoms with van der Waals surface area (Å²) in [4.78, 5) is 31.1. The third kappa shape index (κ3) is 4.61. The molecule has 7 heteroatoms. The van der Waals surface area contributed by atoms with Gasteiger partial charge < -0.3 is 15.0 Å². The highest BCUT2D eigenvalue weighted by Crippen LogP contribution is 2.24. The molecule has 2 N–H and O–H groups in total. The lowest BCUT2D eigenvalue weighted by Gasteiger charge is -2.11. The molecule has 0 fully saturated rings. The van der Waals surface area contributed by atoms with Crippen LogP contribution in [0.2, 0.25) is 0 Å². The number of para-hydroxylation sites is 2. The minimum Gasteiger partial charge on any atom is -0.492 e. The summed E-state index contributed by atoms with van der Waals surface area (Å²) < 4.78 is 5.48. The van der Waals surface area contributed by atoms with Gasteiger partial charge in [0, 0.05) is 11.3 Å². The fraction of sp³-hybridized carbons (Fsp3) is 0.353. The molecule has 0 aliphatic heterocycles. The minimum atomic E-state index is -0.188. The number of H-pyrrole nitrogens is 1. The number of thioether (sulfide) groups is 1. The molecule has 1 aromatic heterocycles. The van der Waals surface area contributed by atoms with Crippen molar-refractivity contribution in [1.29, 1.82) is 0 Å². The second kappa shape index (κ2) is 8.54. The number of nitrogens with zero attached hydrogens (tertiary/aromatic N) is 1. The Morgan fingerprint density at radius 2 is 2.08 bits per heavy atom. The molecule has 2 aromatic rings. The van der Waals surface area contributed by atoms with Gasteiger partial charge >= 0.3 is 0 Å². The fourth-order valence-electron chi connectivity index (χ4n) is 2.24. The SMILES string of the molecule is CCOc1ccccc1NC(=O)CSc1nc(C)c(CC)c(=O)[nH]1. The molecule has 6 nitrogen and oxygen atoms in total. The molecule has 1 heterocycles. The Kier molecular flexibility index (Phi) is 6.43. The van der Waals surface area contributed by atoms with Crippen LogP contribution in [0.1, 0.15) is 25.1 Å². The van der Waals surface area contributed by atoms with E-state index in [2.05, 4.69) is 15.3 Å². The van der Waals surface area contributed by atoms with Gasteiger partial charge in [0.2, 0.25) is 5.91 Å². The number of carbonyl (C=O) groups excluding carboxylic acids is 1. The van der Waals surface area contributed by atoms with Gasteiger partial charge in [-0.15, -0.1) is 0 Å². The van der Waals surface area contributed by atoms with Crippen molar-refractivity contribution in [3.8, 4) is 5.75 Å². The third-order valence-corrected chi connectivity index (χ3v) is 4.23. The van der Waals surface area contributed by atoms with E-state index in [0.717, 1.165) is 0 Å². The van der Waals surface area contributed by atoms with Gasteiger partial charge in [0.05, 0.1) is 18.0 Å². The van der Waals surface area contributed by atoms with E-state index in [4.69, 9.17) is 4.74 Å². The van der Waals surface area contributed by atoms with Crippen LogP contribution < -0.4 is 15.6 Å². The first-order chi connectivity index (χ1) is 11.5. The zero-order chi connectivity index (χ0) is 17.5. The first-order valence-electron chi connectivity index (χ1n) is 7.79. The molecule has 0 bridgehead atoms. The smallest absolute Gasteiger partial charge is 0.254 e. The van der Waals surface area contributed by atoms with E-state index < -0.39 is 0 Å². The number of aromatic nitrogens is 2. The van der Waals surface area contributed by atoms with E-state index in [1.165, 1.54) is 11.8 Å². The Labute approximate surface area is 145 Å². The molecule has 0 aliphatic carbocycles. The first-order valence-corrected chi connectivity index (χ1v) is 8.78. The second-order valence-corrected chi connectivity index (χ2v) is 6.02. The first kappa shape index (κ1) is 18.1. The summed E-state index contributed by atoms with van der Waals surface area (Å²) in [6.45, 7) is 6.13. The van der Waals surface area contributed by atoms with Crippen molar-refractivity contribution in [2.75, 3.05) is 17.7 Å². The molecule has 2 rings (SSSR count). The van der Waals surface area contributed by atoms with Gasteiger partial charge in [-0.1, -0.05) is 30.8 Å². The van der Waals surface area contributed by atoms with E-state index >= 15 is 0 Å². The molecule has 0 unspecified atom stereocenters. The number of anilines is 1. The lowest BCUT2D eigenvalue weighted by atomic mass is 10.2. The molecule has 0 spiro atoms. The summed E-state index contributed by atoms with van der Waals surface area (Å²) in [5.41, 5.74) is 1.86. The maximum absolute atomic E-state index is 12.1. The van der Waals surface area contributed by atoms with Crippen molar-refractivity contribution in [2.45, 2.75) is 32.3 Å². The average Bonchev–Trinajstić information content (AvgIpc) is 2.55. The molecule has 0 saturated carbocycles. The highest BCUT2D eigenvalue weighted by Gasteiger charge is 2.11. The summed E-state index contributed by atoms with van der Waals surface area (Å²) in [5, 5.41) is 3.26. The minimum absolute atomic E-state index is 0.144. The van der Waals surface area contributed by atoms with Crippen LogP contribution in [-0.2, 0) is 11.2 Å². The lowest BCUT2D eigenvalue weighted by molar-refractivity contribution is -0.113. The van der Waals surface area contributed by atoms with E-state index in [9.17, 15) is 9.59 Å². The standard InChI is InChI=1S/C17H21N3O3S/c1-4-12-11(3)18-17(20-16(12)22)24-10-15(21)19-13-8-6-7-9-14(13)23-5-2/h6-9H,4-5,10H2,1-3H3,(H,19,21)(H,18,20,22). The second-order valence-electron chi connectivity index (χ2n) is 5.05. The topological polar surface area (TPSA) is 84.1 Å². The quantitative estimate of drug-likeness (QED) is 0.594. The van der Waals surface area contributed by atoms with Gasteiger partial charge in [-0.05, 0) is 32.4 Å². The van der Waals surface area contributed by atoms with Crippen molar-refractivity contribution in [2.24, 2.45) is 0 Å². The molecule has 0 radical (unpaired) electrons. The number of benzene rings is 1. The molecule has 0 atom stereocenters. The van der Waals surface area contributed by atoms with Gasteiger partial charge in [-0.25, -0.2) is 4.98 Å². The Balaban J connectivity index is 2.00. The van der Waals surface area contributed by atoms with E-state index in [0.29, 0.717) is 40.9 Å². The van der Waals surface area contributed by atoms with Crippen molar-refractivity contribution in [3.63, 3.8) is 0 Å². The largest absolute Gasteiger partial charge is 0.492 e. The number of rotatable bonds is 7. The van der Waals surface area contributed by atoms with Crippen LogP contribution >= 0.6 is 11.8 Å². The predicted molar refractivity (Wildman–Crippen MR) is 95.9 cm³/mol. The van der Waals surface area contributed by atoms with Gasteiger partial charge in [-0.3, -0.25) is 9.59 Å². The van der Waals surface area contributed by atoms with Gasteiger partial charge in [0.15, 0.2) is 5.16 Å². The molecule has 1 amide bonds. The maximum Gasteiger partial charge on any atom is 0.254 e. The van der Waals surface area contributed by atoms with Crippen LogP contribution in [0.5, 0.6) is 5.75 Å². The van der Waals surface area contributed by atoms with Crippen molar-refractivity contribution in [3.05, 3.63) is 45.9 Å². The number of ether oxygens (including phenoxy) is 1. The number of amides is 1. The maximum atomic E-state index is 12.1. The summed E-state index contributed by atoms with van der Waals surface area (Å²) >= 11 is 1.19. The van der Waals surface area contributed by atoms with Gasteiger partial charge in [-0.2, -0.15) is 0 Å². The Morgan fingerprint density at radius 1 is 1.33 bits per heavy atom. The fourth-order valence-corrected chi connectivity index (χ4v) is 2.95. The lowest BCUT2D eigenvalue weighted by Crippen LogP contribution is -2.18. The Hall–Kier alpha value is -2.28. The highest BCUT2D eigenvalue weighted by atomic mass is 32.2. The molecular weight excluding hydrogens is 326 g/mol. The zero-order valence-corrected chi connectivity index (χ0v) is 14.8. The molecule has 128 valence electrons.